The maximum atomic E-state index is 12.6. The molecule has 2 aromatic heterocycles. The fourth-order valence-corrected chi connectivity index (χ4v) is 3.34. The molecule has 140 valence electrons. The van der Waals surface area contributed by atoms with Crippen LogP contribution in [0, 0.1) is 0 Å². The molecule has 2 atom stereocenters. The number of likely N-dealkylation sites (tertiary alicyclic amines) is 1. The summed E-state index contributed by atoms with van der Waals surface area (Å²) in [5, 5.41) is 13.3. The largest absolute Gasteiger partial charge is 0.384 e. The van der Waals surface area contributed by atoms with E-state index in [0.717, 1.165) is 50.3 Å². The van der Waals surface area contributed by atoms with Gasteiger partial charge in [0.05, 0.1) is 17.9 Å². The molecule has 0 aromatic carbocycles. The minimum atomic E-state index is -0.194. The molecule has 1 amide bonds. The lowest BCUT2D eigenvalue weighted by Gasteiger charge is -2.35. The Morgan fingerprint density at radius 3 is 3.00 bits per heavy atom. The van der Waals surface area contributed by atoms with Crippen LogP contribution in [0.3, 0.4) is 0 Å². The van der Waals surface area contributed by atoms with E-state index in [2.05, 4.69) is 37.6 Å². The van der Waals surface area contributed by atoms with Crippen LogP contribution in [0.1, 0.15) is 44.7 Å². The quantitative estimate of drug-likeness (QED) is 0.710. The molecule has 0 bridgehead atoms. The van der Waals surface area contributed by atoms with Crippen LogP contribution in [0.5, 0.6) is 0 Å². The highest BCUT2D eigenvalue weighted by Crippen LogP contribution is 2.26. The SMILES string of the molecule is CCCNc1ccc(NC(=O)[C@H](C)N2CCCC(c3ccn[nH]3)C2)nc1. The number of aromatic nitrogens is 3. The highest BCUT2D eigenvalue weighted by atomic mass is 16.2. The molecule has 2 aromatic rings. The molecule has 0 spiro atoms. The second kappa shape index (κ2) is 8.80. The topological polar surface area (TPSA) is 85.9 Å². The Balaban J connectivity index is 1.55. The maximum absolute atomic E-state index is 12.6. The molecule has 1 fully saturated rings. The summed E-state index contributed by atoms with van der Waals surface area (Å²) in [6, 6.07) is 5.61. The Morgan fingerprint density at radius 2 is 2.31 bits per heavy atom. The third kappa shape index (κ3) is 4.60. The van der Waals surface area contributed by atoms with Gasteiger partial charge in [-0.1, -0.05) is 6.92 Å². The van der Waals surface area contributed by atoms with Gasteiger partial charge in [0.25, 0.3) is 0 Å². The predicted molar refractivity (Wildman–Crippen MR) is 103 cm³/mol. The molecule has 1 aliphatic rings. The van der Waals surface area contributed by atoms with Crippen molar-refractivity contribution in [2.24, 2.45) is 0 Å². The summed E-state index contributed by atoms with van der Waals surface area (Å²) in [6.07, 6.45) is 6.81. The van der Waals surface area contributed by atoms with Crippen molar-refractivity contribution in [2.75, 3.05) is 30.3 Å². The number of nitrogens with one attached hydrogen (secondary N) is 3. The van der Waals surface area contributed by atoms with Gasteiger partial charge in [0.1, 0.15) is 5.82 Å². The number of anilines is 2. The summed E-state index contributed by atoms with van der Waals surface area (Å²) in [5.74, 6) is 0.978. The summed E-state index contributed by atoms with van der Waals surface area (Å²) in [5.41, 5.74) is 2.12. The number of hydrogen-bond donors (Lipinski definition) is 3. The summed E-state index contributed by atoms with van der Waals surface area (Å²) in [7, 11) is 0. The van der Waals surface area contributed by atoms with E-state index in [-0.39, 0.29) is 11.9 Å². The lowest BCUT2D eigenvalue weighted by Crippen LogP contribution is -2.46. The average molecular weight is 356 g/mol. The Morgan fingerprint density at radius 1 is 1.42 bits per heavy atom. The van der Waals surface area contributed by atoms with Gasteiger partial charge in [-0.25, -0.2) is 4.98 Å². The number of aromatic amines is 1. The van der Waals surface area contributed by atoms with Crippen molar-refractivity contribution in [3.63, 3.8) is 0 Å². The molecule has 0 aliphatic carbocycles. The third-order valence-electron chi connectivity index (χ3n) is 4.94. The van der Waals surface area contributed by atoms with Crippen molar-refractivity contribution in [1.82, 2.24) is 20.1 Å². The first kappa shape index (κ1) is 18.4. The summed E-state index contributed by atoms with van der Waals surface area (Å²) >= 11 is 0. The molecule has 1 aliphatic heterocycles. The van der Waals surface area contributed by atoms with E-state index in [4.69, 9.17) is 0 Å². The van der Waals surface area contributed by atoms with Crippen molar-refractivity contribution < 1.29 is 4.79 Å². The standard InChI is InChI=1S/C19H28N6O/c1-3-9-20-16-6-7-18(21-12-16)23-19(26)14(2)25-11-4-5-15(13-25)17-8-10-22-24-17/h6-8,10,12,14-15,20H,3-5,9,11,13H2,1-2H3,(H,22,24)(H,21,23,26)/t14-,15?/m0/s1. The Kier molecular flexibility index (Phi) is 6.22. The second-order valence-corrected chi connectivity index (χ2v) is 6.87. The average Bonchev–Trinajstić information content (AvgIpc) is 3.22. The summed E-state index contributed by atoms with van der Waals surface area (Å²) in [6.45, 7) is 6.79. The van der Waals surface area contributed by atoms with Crippen LogP contribution >= 0.6 is 0 Å². The van der Waals surface area contributed by atoms with Crippen LogP contribution in [0.4, 0.5) is 11.5 Å². The summed E-state index contributed by atoms with van der Waals surface area (Å²) in [4.78, 5) is 19.2. The lowest BCUT2D eigenvalue weighted by molar-refractivity contribution is -0.121. The minimum Gasteiger partial charge on any atom is -0.384 e. The number of pyridine rings is 1. The molecule has 3 rings (SSSR count). The normalized spacial score (nSPS) is 19.1. The van der Waals surface area contributed by atoms with E-state index >= 15 is 0 Å². The number of amides is 1. The Hall–Kier alpha value is -2.41. The van der Waals surface area contributed by atoms with Crippen LogP contribution in [0.15, 0.2) is 30.6 Å². The van der Waals surface area contributed by atoms with Crippen molar-refractivity contribution >= 4 is 17.4 Å². The van der Waals surface area contributed by atoms with Gasteiger partial charge in [0.2, 0.25) is 5.91 Å². The molecule has 3 heterocycles. The first-order valence-electron chi connectivity index (χ1n) is 9.41. The maximum Gasteiger partial charge on any atom is 0.242 e. The molecular weight excluding hydrogens is 328 g/mol. The van der Waals surface area contributed by atoms with Crippen molar-refractivity contribution in [2.45, 2.75) is 45.1 Å². The van der Waals surface area contributed by atoms with Gasteiger partial charge in [-0.05, 0) is 50.9 Å². The first-order chi connectivity index (χ1) is 12.7. The van der Waals surface area contributed by atoms with E-state index in [1.165, 1.54) is 0 Å². The number of carbonyl (C=O) groups is 1. The fourth-order valence-electron chi connectivity index (χ4n) is 3.34. The van der Waals surface area contributed by atoms with E-state index in [1.807, 2.05) is 25.1 Å². The van der Waals surface area contributed by atoms with Crippen LogP contribution in [0.25, 0.3) is 0 Å². The van der Waals surface area contributed by atoms with Gasteiger partial charge >= 0.3 is 0 Å². The second-order valence-electron chi connectivity index (χ2n) is 6.87. The van der Waals surface area contributed by atoms with Gasteiger partial charge in [-0.2, -0.15) is 5.10 Å². The zero-order valence-corrected chi connectivity index (χ0v) is 15.5. The highest BCUT2D eigenvalue weighted by molar-refractivity contribution is 5.93. The summed E-state index contributed by atoms with van der Waals surface area (Å²) < 4.78 is 0. The van der Waals surface area contributed by atoms with Crippen LogP contribution in [-0.4, -0.2) is 51.7 Å². The number of piperidine rings is 1. The lowest BCUT2D eigenvalue weighted by atomic mass is 9.94. The molecule has 3 N–H and O–H groups in total. The highest BCUT2D eigenvalue weighted by Gasteiger charge is 2.28. The van der Waals surface area contributed by atoms with Crippen molar-refractivity contribution in [3.05, 3.63) is 36.3 Å². The number of rotatable bonds is 7. The van der Waals surface area contributed by atoms with Gasteiger partial charge in [-0.15, -0.1) is 0 Å². The van der Waals surface area contributed by atoms with Gasteiger partial charge in [0, 0.05) is 30.9 Å². The Bertz CT molecular complexity index is 685. The molecule has 7 nitrogen and oxygen atoms in total. The molecule has 26 heavy (non-hydrogen) atoms. The van der Waals surface area contributed by atoms with E-state index in [1.54, 1.807) is 12.4 Å². The fraction of sp³-hybridized carbons (Fsp3) is 0.526. The monoisotopic (exact) mass is 356 g/mol. The van der Waals surface area contributed by atoms with Crippen LogP contribution in [-0.2, 0) is 4.79 Å². The number of carbonyl (C=O) groups excluding carboxylic acids is 1. The van der Waals surface area contributed by atoms with Gasteiger partial charge < -0.3 is 10.6 Å². The van der Waals surface area contributed by atoms with E-state index in [9.17, 15) is 4.79 Å². The van der Waals surface area contributed by atoms with Gasteiger partial charge in [-0.3, -0.25) is 14.8 Å². The first-order valence-corrected chi connectivity index (χ1v) is 9.41. The zero-order chi connectivity index (χ0) is 18.4. The molecule has 1 unspecified atom stereocenters. The van der Waals surface area contributed by atoms with Crippen LogP contribution < -0.4 is 10.6 Å². The Labute approximate surface area is 154 Å². The van der Waals surface area contributed by atoms with Gasteiger partial charge in [0.15, 0.2) is 0 Å². The zero-order valence-electron chi connectivity index (χ0n) is 15.5. The molecular formula is C19H28N6O. The van der Waals surface area contributed by atoms with Crippen LogP contribution in [0.2, 0.25) is 0 Å². The number of nitrogens with zero attached hydrogens (tertiary/aromatic N) is 3. The van der Waals surface area contributed by atoms with E-state index < -0.39 is 0 Å². The third-order valence-corrected chi connectivity index (χ3v) is 4.94. The van der Waals surface area contributed by atoms with Crippen molar-refractivity contribution in [3.8, 4) is 0 Å². The molecule has 0 saturated carbocycles. The number of hydrogen-bond acceptors (Lipinski definition) is 5. The smallest absolute Gasteiger partial charge is 0.242 e. The molecule has 1 saturated heterocycles. The number of H-pyrrole nitrogens is 1. The molecule has 7 heteroatoms. The minimum absolute atomic E-state index is 0.0166. The van der Waals surface area contributed by atoms with Crippen molar-refractivity contribution in [1.29, 1.82) is 0 Å². The van der Waals surface area contributed by atoms with E-state index in [0.29, 0.717) is 11.7 Å². The predicted octanol–water partition coefficient (Wildman–Crippen LogP) is 2.83. The molecule has 0 radical (unpaired) electrons.